The fourth-order valence-electron chi connectivity index (χ4n) is 1.26. The van der Waals surface area contributed by atoms with Crippen molar-refractivity contribution in [3.05, 3.63) is 47.0 Å². The number of benzene rings is 1. The zero-order valence-corrected chi connectivity index (χ0v) is 9.33. The first-order valence-corrected chi connectivity index (χ1v) is 5.61. The molecule has 4 nitrogen and oxygen atoms in total. The van der Waals surface area contributed by atoms with Crippen LogP contribution in [0.3, 0.4) is 0 Å². The minimum atomic E-state index is -0.141. The molecule has 0 aliphatic heterocycles. The number of carbonyl (C=O) groups excluding carboxylic acids is 1. The monoisotopic (exact) mass is 233 g/mol. The quantitative estimate of drug-likeness (QED) is 0.847. The molecular weight excluding hydrogens is 222 g/mol. The molecule has 0 fully saturated rings. The highest BCUT2D eigenvalue weighted by atomic mass is 32.1. The standard InChI is InChI=1S/C11H11N3OS/c12-11-14-7-9(16-11)10(15)13-6-8-4-2-1-3-5-8/h1-5,7H,6H2,(H2,12,14)(H,13,15). The summed E-state index contributed by atoms with van der Waals surface area (Å²) in [6, 6.07) is 9.73. The Balaban J connectivity index is 1.94. The van der Waals surface area contributed by atoms with Gasteiger partial charge in [-0.1, -0.05) is 41.7 Å². The summed E-state index contributed by atoms with van der Waals surface area (Å²) in [5, 5.41) is 3.21. The molecule has 16 heavy (non-hydrogen) atoms. The molecule has 82 valence electrons. The van der Waals surface area contributed by atoms with E-state index in [1.165, 1.54) is 17.5 Å². The largest absolute Gasteiger partial charge is 0.375 e. The van der Waals surface area contributed by atoms with Crippen molar-refractivity contribution in [1.82, 2.24) is 10.3 Å². The molecular formula is C11H11N3OS. The van der Waals surface area contributed by atoms with Crippen molar-refractivity contribution in [3.63, 3.8) is 0 Å². The molecule has 1 aromatic heterocycles. The Morgan fingerprint density at radius 1 is 1.38 bits per heavy atom. The van der Waals surface area contributed by atoms with Gasteiger partial charge in [0.15, 0.2) is 5.13 Å². The van der Waals surface area contributed by atoms with Crippen LogP contribution in [0, 0.1) is 0 Å². The number of nitrogens with two attached hydrogens (primary N) is 1. The highest BCUT2D eigenvalue weighted by Gasteiger charge is 2.08. The summed E-state index contributed by atoms with van der Waals surface area (Å²) < 4.78 is 0. The van der Waals surface area contributed by atoms with Gasteiger partial charge >= 0.3 is 0 Å². The Morgan fingerprint density at radius 3 is 2.75 bits per heavy atom. The van der Waals surface area contributed by atoms with Crippen LogP contribution in [0.25, 0.3) is 0 Å². The second-order valence-electron chi connectivity index (χ2n) is 3.23. The smallest absolute Gasteiger partial charge is 0.263 e. The highest BCUT2D eigenvalue weighted by molar-refractivity contribution is 7.17. The topological polar surface area (TPSA) is 68.0 Å². The Morgan fingerprint density at radius 2 is 2.12 bits per heavy atom. The summed E-state index contributed by atoms with van der Waals surface area (Å²) >= 11 is 1.19. The van der Waals surface area contributed by atoms with Crippen molar-refractivity contribution < 1.29 is 4.79 Å². The Kier molecular flexibility index (Phi) is 3.16. The van der Waals surface area contributed by atoms with Gasteiger partial charge in [0, 0.05) is 6.54 Å². The lowest BCUT2D eigenvalue weighted by molar-refractivity contribution is 0.0955. The molecule has 0 atom stereocenters. The minimum Gasteiger partial charge on any atom is -0.375 e. The number of hydrogen-bond acceptors (Lipinski definition) is 4. The molecule has 0 unspecified atom stereocenters. The number of amides is 1. The van der Waals surface area contributed by atoms with E-state index in [1.54, 1.807) is 0 Å². The fraction of sp³-hybridized carbons (Fsp3) is 0.0909. The van der Waals surface area contributed by atoms with E-state index < -0.39 is 0 Å². The molecule has 2 rings (SSSR count). The van der Waals surface area contributed by atoms with Gasteiger partial charge in [0.1, 0.15) is 4.88 Å². The van der Waals surface area contributed by atoms with E-state index in [-0.39, 0.29) is 5.91 Å². The van der Waals surface area contributed by atoms with E-state index in [0.717, 1.165) is 5.56 Å². The maximum atomic E-state index is 11.6. The number of hydrogen-bond donors (Lipinski definition) is 2. The Bertz CT molecular complexity index is 481. The average molecular weight is 233 g/mol. The van der Waals surface area contributed by atoms with E-state index in [4.69, 9.17) is 5.73 Å². The van der Waals surface area contributed by atoms with Crippen LogP contribution in [0.1, 0.15) is 15.2 Å². The number of anilines is 1. The second-order valence-corrected chi connectivity index (χ2v) is 4.29. The van der Waals surface area contributed by atoms with Crippen molar-refractivity contribution in [3.8, 4) is 0 Å². The van der Waals surface area contributed by atoms with Gasteiger partial charge < -0.3 is 11.1 Å². The maximum absolute atomic E-state index is 11.6. The molecule has 5 heteroatoms. The molecule has 0 aliphatic carbocycles. The fourth-order valence-corrected chi connectivity index (χ4v) is 1.86. The molecule has 0 radical (unpaired) electrons. The van der Waals surface area contributed by atoms with Crippen LogP contribution in [0.2, 0.25) is 0 Å². The number of nitrogen functional groups attached to an aromatic ring is 1. The van der Waals surface area contributed by atoms with E-state index in [1.807, 2.05) is 30.3 Å². The summed E-state index contributed by atoms with van der Waals surface area (Å²) in [5.41, 5.74) is 6.51. The van der Waals surface area contributed by atoms with Gasteiger partial charge in [-0.2, -0.15) is 0 Å². The molecule has 0 saturated carbocycles. The molecule has 1 heterocycles. The first-order valence-electron chi connectivity index (χ1n) is 4.79. The predicted molar refractivity (Wildman–Crippen MR) is 64.1 cm³/mol. The lowest BCUT2D eigenvalue weighted by Crippen LogP contribution is -2.21. The van der Waals surface area contributed by atoms with Crippen molar-refractivity contribution in [2.75, 3.05) is 5.73 Å². The number of rotatable bonds is 3. The molecule has 3 N–H and O–H groups in total. The Hall–Kier alpha value is -1.88. The van der Waals surface area contributed by atoms with Crippen molar-refractivity contribution in [2.24, 2.45) is 0 Å². The Labute approximate surface area is 97.1 Å². The number of nitrogens with zero attached hydrogens (tertiary/aromatic N) is 1. The van der Waals surface area contributed by atoms with E-state index in [9.17, 15) is 4.79 Å². The normalized spacial score (nSPS) is 10.0. The van der Waals surface area contributed by atoms with Gasteiger partial charge in [0.25, 0.3) is 5.91 Å². The van der Waals surface area contributed by atoms with Crippen LogP contribution in [0.15, 0.2) is 36.5 Å². The van der Waals surface area contributed by atoms with Crippen molar-refractivity contribution in [1.29, 1.82) is 0 Å². The number of carbonyl (C=O) groups is 1. The maximum Gasteiger partial charge on any atom is 0.263 e. The van der Waals surface area contributed by atoms with Crippen LogP contribution in [0.4, 0.5) is 5.13 Å². The van der Waals surface area contributed by atoms with Gasteiger partial charge in [-0.05, 0) is 5.56 Å². The third-order valence-electron chi connectivity index (χ3n) is 2.04. The molecule has 0 aliphatic rings. The molecule has 1 aromatic carbocycles. The second kappa shape index (κ2) is 4.76. The molecule has 0 bridgehead atoms. The predicted octanol–water partition coefficient (Wildman–Crippen LogP) is 1.66. The lowest BCUT2D eigenvalue weighted by Gasteiger charge is -2.02. The van der Waals surface area contributed by atoms with E-state index in [0.29, 0.717) is 16.6 Å². The van der Waals surface area contributed by atoms with E-state index >= 15 is 0 Å². The van der Waals surface area contributed by atoms with Gasteiger partial charge in [0.05, 0.1) is 6.20 Å². The third kappa shape index (κ3) is 2.58. The third-order valence-corrected chi connectivity index (χ3v) is 2.87. The molecule has 0 saturated heterocycles. The molecule has 2 aromatic rings. The van der Waals surface area contributed by atoms with Gasteiger partial charge in [0.2, 0.25) is 0 Å². The SMILES string of the molecule is Nc1ncc(C(=O)NCc2ccccc2)s1. The van der Waals surface area contributed by atoms with Crippen LogP contribution < -0.4 is 11.1 Å². The van der Waals surface area contributed by atoms with Crippen LogP contribution in [-0.2, 0) is 6.54 Å². The van der Waals surface area contributed by atoms with Gasteiger partial charge in [-0.15, -0.1) is 0 Å². The first-order chi connectivity index (χ1) is 7.75. The van der Waals surface area contributed by atoms with Crippen molar-refractivity contribution >= 4 is 22.4 Å². The molecule has 1 amide bonds. The highest BCUT2D eigenvalue weighted by Crippen LogP contribution is 2.13. The summed E-state index contributed by atoms with van der Waals surface area (Å²) in [6.07, 6.45) is 1.49. The number of aromatic nitrogens is 1. The van der Waals surface area contributed by atoms with Gasteiger partial charge in [-0.3, -0.25) is 4.79 Å². The average Bonchev–Trinajstić information content (AvgIpc) is 2.74. The number of thiazole rings is 1. The van der Waals surface area contributed by atoms with Crippen LogP contribution >= 0.6 is 11.3 Å². The van der Waals surface area contributed by atoms with Gasteiger partial charge in [-0.25, -0.2) is 4.98 Å². The zero-order chi connectivity index (χ0) is 11.4. The van der Waals surface area contributed by atoms with Crippen LogP contribution in [0.5, 0.6) is 0 Å². The molecule has 0 spiro atoms. The minimum absolute atomic E-state index is 0.141. The summed E-state index contributed by atoms with van der Waals surface area (Å²) in [5.74, 6) is -0.141. The summed E-state index contributed by atoms with van der Waals surface area (Å²) in [4.78, 5) is 16.0. The van der Waals surface area contributed by atoms with Crippen molar-refractivity contribution in [2.45, 2.75) is 6.54 Å². The zero-order valence-electron chi connectivity index (χ0n) is 8.51. The summed E-state index contributed by atoms with van der Waals surface area (Å²) in [6.45, 7) is 0.511. The summed E-state index contributed by atoms with van der Waals surface area (Å²) in [7, 11) is 0. The first kappa shape index (κ1) is 10.6. The van der Waals surface area contributed by atoms with Crippen LogP contribution in [-0.4, -0.2) is 10.9 Å². The lowest BCUT2D eigenvalue weighted by atomic mass is 10.2. The number of nitrogens with one attached hydrogen (secondary N) is 1. The van der Waals surface area contributed by atoms with E-state index in [2.05, 4.69) is 10.3 Å².